The van der Waals surface area contributed by atoms with E-state index < -0.39 is 35.4 Å². The maximum Gasteiger partial charge on any atom is 0.248 e. The number of aryl methyl sites for hydroxylation is 1. The number of imidazole rings is 1. The molecule has 63 heavy (non-hydrogen) atoms. The minimum atomic E-state index is -0.981. The van der Waals surface area contributed by atoms with Crippen molar-refractivity contribution in [1.82, 2.24) is 39.8 Å². The maximum absolute atomic E-state index is 14.0. The number of fused-ring (bicyclic) bond motifs is 3. The number of carbonyl (C=O) groups excluding carboxylic acids is 4. The van der Waals surface area contributed by atoms with Crippen molar-refractivity contribution in [2.24, 2.45) is 5.41 Å². The Morgan fingerprint density at radius 3 is 2.29 bits per heavy atom. The Balaban J connectivity index is 0.776. The summed E-state index contributed by atoms with van der Waals surface area (Å²) in [4.78, 5) is 73.5. The predicted molar refractivity (Wildman–Crippen MR) is 238 cm³/mol. The van der Waals surface area contributed by atoms with Gasteiger partial charge in [-0.2, -0.15) is 4.98 Å². The van der Waals surface area contributed by atoms with Crippen LogP contribution in [0.5, 0.6) is 0 Å². The number of ether oxygens (including phenoxy) is 3. The summed E-state index contributed by atoms with van der Waals surface area (Å²) < 4.78 is 18.6. The Hall–Kier alpha value is -5.53. The van der Waals surface area contributed by atoms with Crippen molar-refractivity contribution < 1.29 is 38.5 Å². The zero-order valence-electron chi connectivity index (χ0n) is 36.5. The van der Waals surface area contributed by atoms with E-state index in [0.29, 0.717) is 32.0 Å². The largest absolute Gasteiger partial charge is 0.391 e. The van der Waals surface area contributed by atoms with E-state index in [0.717, 1.165) is 38.5 Å². The number of amides is 4. The average molecular weight is 884 g/mol. The molecule has 7 rings (SSSR count). The Labute approximate surface area is 370 Å². The first-order valence-corrected chi connectivity index (χ1v) is 22.2. The molecule has 18 heteroatoms. The number of thiazole rings is 1. The van der Waals surface area contributed by atoms with Crippen molar-refractivity contribution in [2.45, 2.75) is 65.3 Å². The molecule has 5 aromatic rings. The lowest BCUT2D eigenvalue weighted by Crippen LogP contribution is -2.58. The van der Waals surface area contributed by atoms with Gasteiger partial charge in [0, 0.05) is 45.3 Å². The van der Waals surface area contributed by atoms with Gasteiger partial charge < -0.3 is 44.7 Å². The Kier molecular flexibility index (Phi) is 14.7. The van der Waals surface area contributed by atoms with Crippen LogP contribution in [0.4, 0.5) is 5.82 Å². The molecule has 2 fully saturated rings. The molecule has 0 bridgehead atoms. The standard InChI is InChI=1S/C45H57N9O8S/c1-29(31-10-12-32(13-11-31)40-30(2)46-28-63-40)47-42(58)36-24-33(55)25-54(36)43(59)41(45(3,4)5)50-38(56)26-61-22-20-60-21-23-62-27-39(57)52-18-16-51(17-19-52)37-14-15-53-35-9-7-6-8-34(35)48-44(53)49-37/h6-15,28-29,33,36,41,55H,16-27H2,1-5H3,(H,47,58)(H,50,56)/t29?,33-,36+,41?/m1/s1. The summed E-state index contributed by atoms with van der Waals surface area (Å²) in [5.74, 6) is 0.0487. The van der Waals surface area contributed by atoms with Crippen molar-refractivity contribution in [2.75, 3.05) is 77.3 Å². The molecule has 5 heterocycles. The highest BCUT2D eigenvalue weighted by molar-refractivity contribution is 7.13. The smallest absolute Gasteiger partial charge is 0.248 e. The highest BCUT2D eigenvalue weighted by Crippen LogP contribution is 2.30. The normalized spacial score (nSPS) is 17.9. The molecule has 3 aromatic heterocycles. The van der Waals surface area contributed by atoms with Gasteiger partial charge in [-0.1, -0.05) is 57.2 Å². The molecule has 0 aliphatic carbocycles. The molecule has 336 valence electrons. The summed E-state index contributed by atoms with van der Waals surface area (Å²) >= 11 is 1.57. The number of aromatic nitrogens is 4. The van der Waals surface area contributed by atoms with E-state index in [-0.39, 0.29) is 70.5 Å². The summed E-state index contributed by atoms with van der Waals surface area (Å²) in [6, 6.07) is 15.6. The summed E-state index contributed by atoms with van der Waals surface area (Å²) in [7, 11) is 0. The van der Waals surface area contributed by atoms with E-state index in [4.69, 9.17) is 19.2 Å². The van der Waals surface area contributed by atoms with Crippen molar-refractivity contribution in [3.63, 3.8) is 0 Å². The lowest BCUT2D eigenvalue weighted by molar-refractivity contribution is -0.144. The lowest BCUT2D eigenvalue weighted by Gasteiger charge is -2.35. The second kappa shape index (κ2) is 20.3. The molecular weight excluding hydrogens is 827 g/mol. The zero-order chi connectivity index (χ0) is 44.7. The number of nitrogens with zero attached hydrogens (tertiary/aromatic N) is 7. The predicted octanol–water partition coefficient (Wildman–Crippen LogP) is 3.38. The number of benzene rings is 2. The minimum absolute atomic E-state index is 0.0272. The molecule has 3 N–H and O–H groups in total. The highest BCUT2D eigenvalue weighted by atomic mass is 32.1. The van der Waals surface area contributed by atoms with Crippen molar-refractivity contribution >= 4 is 57.6 Å². The molecule has 2 unspecified atom stereocenters. The number of rotatable bonds is 17. The topological polar surface area (TPSA) is 193 Å². The van der Waals surface area contributed by atoms with E-state index in [1.807, 2.05) is 105 Å². The van der Waals surface area contributed by atoms with Crippen LogP contribution in [-0.2, 0) is 33.4 Å². The fourth-order valence-electron chi connectivity index (χ4n) is 7.87. The molecule has 17 nitrogen and oxygen atoms in total. The van der Waals surface area contributed by atoms with E-state index in [1.165, 1.54) is 4.90 Å². The number of para-hydroxylation sites is 2. The average Bonchev–Trinajstić information content (AvgIpc) is 4.00. The molecule has 4 amide bonds. The number of carbonyl (C=O) groups is 4. The summed E-state index contributed by atoms with van der Waals surface area (Å²) in [5.41, 5.74) is 5.90. The van der Waals surface area contributed by atoms with Gasteiger partial charge in [-0.05, 0) is 48.6 Å². The van der Waals surface area contributed by atoms with Gasteiger partial charge in [0.05, 0.1) is 65.7 Å². The van der Waals surface area contributed by atoms with E-state index >= 15 is 0 Å². The van der Waals surface area contributed by atoms with Crippen LogP contribution in [0, 0.1) is 12.3 Å². The number of anilines is 1. The van der Waals surface area contributed by atoms with Gasteiger partial charge in [-0.15, -0.1) is 11.3 Å². The van der Waals surface area contributed by atoms with Crippen molar-refractivity contribution in [3.05, 3.63) is 77.6 Å². The van der Waals surface area contributed by atoms with Crippen LogP contribution in [-0.4, -0.2) is 148 Å². The van der Waals surface area contributed by atoms with Crippen LogP contribution >= 0.6 is 11.3 Å². The number of likely N-dealkylation sites (tertiary alicyclic amines) is 1. The van der Waals surface area contributed by atoms with Gasteiger partial charge in [0.2, 0.25) is 29.4 Å². The molecule has 0 saturated carbocycles. The lowest BCUT2D eigenvalue weighted by atomic mass is 9.85. The number of aliphatic hydroxyl groups excluding tert-OH is 1. The number of piperazine rings is 1. The maximum atomic E-state index is 14.0. The van der Waals surface area contributed by atoms with Gasteiger partial charge in [-0.3, -0.25) is 23.6 Å². The Morgan fingerprint density at radius 1 is 0.889 bits per heavy atom. The molecule has 0 spiro atoms. The van der Waals surface area contributed by atoms with Gasteiger partial charge in [0.25, 0.3) is 0 Å². The van der Waals surface area contributed by atoms with Gasteiger partial charge >= 0.3 is 0 Å². The van der Waals surface area contributed by atoms with Crippen LogP contribution in [0.15, 0.2) is 66.3 Å². The molecule has 2 saturated heterocycles. The minimum Gasteiger partial charge on any atom is -0.391 e. The van der Waals surface area contributed by atoms with Gasteiger partial charge in [0.1, 0.15) is 31.1 Å². The van der Waals surface area contributed by atoms with Gasteiger partial charge in [-0.25, -0.2) is 9.97 Å². The monoisotopic (exact) mass is 883 g/mol. The van der Waals surface area contributed by atoms with E-state index in [9.17, 15) is 24.3 Å². The second-order valence-electron chi connectivity index (χ2n) is 17.0. The van der Waals surface area contributed by atoms with E-state index in [2.05, 4.69) is 25.5 Å². The third-order valence-electron chi connectivity index (χ3n) is 11.4. The number of hydrogen-bond acceptors (Lipinski definition) is 13. The molecular formula is C45H57N9O8S. The first-order valence-electron chi connectivity index (χ1n) is 21.4. The Bertz CT molecular complexity index is 2370. The third-order valence-corrected chi connectivity index (χ3v) is 12.4. The summed E-state index contributed by atoms with van der Waals surface area (Å²) in [6.07, 6.45) is 1.18. The van der Waals surface area contributed by atoms with Crippen molar-refractivity contribution in [1.29, 1.82) is 0 Å². The Morgan fingerprint density at radius 2 is 1.59 bits per heavy atom. The third kappa shape index (κ3) is 11.2. The molecule has 0 radical (unpaired) electrons. The molecule has 4 atom stereocenters. The van der Waals surface area contributed by atoms with Gasteiger partial charge in [0.15, 0.2) is 0 Å². The van der Waals surface area contributed by atoms with Crippen molar-refractivity contribution in [3.8, 4) is 10.4 Å². The van der Waals surface area contributed by atoms with E-state index in [1.54, 1.807) is 16.2 Å². The first kappa shape index (κ1) is 45.5. The number of hydrogen-bond donors (Lipinski definition) is 3. The van der Waals surface area contributed by atoms with Crippen LogP contribution < -0.4 is 15.5 Å². The highest BCUT2D eigenvalue weighted by Gasteiger charge is 2.44. The fourth-order valence-corrected chi connectivity index (χ4v) is 8.68. The van der Waals surface area contributed by atoms with Crippen LogP contribution in [0.3, 0.4) is 0 Å². The first-order chi connectivity index (χ1) is 30.3. The fraction of sp³-hybridized carbons (Fsp3) is 0.489. The summed E-state index contributed by atoms with van der Waals surface area (Å²) in [6.45, 7) is 12.1. The summed E-state index contributed by atoms with van der Waals surface area (Å²) in [5, 5.41) is 16.4. The number of aliphatic hydroxyl groups is 1. The van der Waals surface area contributed by atoms with Crippen LogP contribution in [0.2, 0.25) is 0 Å². The molecule has 2 aromatic carbocycles. The molecule has 2 aliphatic rings. The molecule has 2 aliphatic heterocycles. The van der Waals surface area contributed by atoms with Crippen LogP contribution in [0.25, 0.3) is 27.3 Å². The SMILES string of the molecule is Cc1ncsc1-c1ccc(C(C)NC(=O)[C@@H]2C[C@@H](O)CN2C(=O)C(NC(=O)COCCOCCOCC(=O)N2CCN(c3ccn4c(n3)nc3ccccc34)CC2)C(C)(C)C)cc1. The second-order valence-corrected chi connectivity index (χ2v) is 17.9. The zero-order valence-corrected chi connectivity index (χ0v) is 37.3. The number of nitrogens with one attached hydrogen (secondary N) is 2. The quantitative estimate of drug-likeness (QED) is 0.116. The number of β-amino-alcohol motifs (C(OH)–C–C–N with tert-alkyl or cyclic N) is 1. The van der Waals surface area contributed by atoms with Crippen LogP contribution in [0.1, 0.15) is 51.4 Å².